The van der Waals surface area contributed by atoms with Crippen LogP contribution in [0.2, 0.25) is 0 Å². The average molecular weight is 218 g/mol. The standard InChI is InChI=1S/C11H14N4O/c1-15-11(16)9(4-5-12)10(14-15)8-3-2-6-13-7-8/h2-3,6-7,14H,4-5,12H2,1H3. The summed E-state index contributed by atoms with van der Waals surface area (Å²) < 4.78 is 1.47. The van der Waals surface area contributed by atoms with E-state index in [4.69, 9.17) is 5.73 Å². The van der Waals surface area contributed by atoms with E-state index in [1.807, 2.05) is 12.1 Å². The molecule has 2 rings (SSSR count). The normalized spacial score (nSPS) is 10.6. The van der Waals surface area contributed by atoms with Gasteiger partial charge in [-0.1, -0.05) is 0 Å². The minimum atomic E-state index is -0.0238. The van der Waals surface area contributed by atoms with Crippen LogP contribution in [0, 0.1) is 0 Å². The van der Waals surface area contributed by atoms with Gasteiger partial charge in [0.1, 0.15) is 0 Å². The molecule has 0 spiro atoms. The summed E-state index contributed by atoms with van der Waals surface area (Å²) in [5, 5.41) is 3.02. The monoisotopic (exact) mass is 218 g/mol. The van der Waals surface area contributed by atoms with Crippen molar-refractivity contribution in [1.82, 2.24) is 14.8 Å². The van der Waals surface area contributed by atoms with E-state index in [1.54, 1.807) is 19.4 Å². The molecule has 0 aliphatic carbocycles. The average Bonchev–Trinajstić information content (AvgIpc) is 2.59. The fourth-order valence-corrected chi connectivity index (χ4v) is 1.72. The molecule has 2 aromatic heterocycles. The van der Waals surface area contributed by atoms with E-state index >= 15 is 0 Å². The third-order valence-corrected chi connectivity index (χ3v) is 2.49. The first kappa shape index (κ1) is 10.6. The van der Waals surface area contributed by atoms with Crippen molar-refractivity contribution in [2.24, 2.45) is 12.8 Å². The van der Waals surface area contributed by atoms with E-state index in [0.29, 0.717) is 13.0 Å². The number of aryl methyl sites for hydroxylation is 1. The van der Waals surface area contributed by atoms with Crippen molar-refractivity contribution < 1.29 is 0 Å². The number of hydrogen-bond donors (Lipinski definition) is 2. The predicted octanol–water partition coefficient (Wildman–Crippen LogP) is 0.277. The molecule has 0 atom stereocenters. The summed E-state index contributed by atoms with van der Waals surface area (Å²) in [6, 6.07) is 3.76. The predicted molar refractivity (Wildman–Crippen MR) is 62.0 cm³/mol. The van der Waals surface area contributed by atoms with Gasteiger partial charge in [0.25, 0.3) is 5.56 Å². The highest BCUT2D eigenvalue weighted by molar-refractivity contribution is 5.61. The zero-order valence-corrected chi connectivity index (χ0v) is 9.10. The van der Waals surface area contributed by atoms with Crippen LogP contribution in [0.4, 0.5) is 0 Å². The number of nitrogens with one attached hydrogen (secondary N) is 1. The van der Waals surface area contributed by atoms with Crippen molar-refractivity contribution in [3.8, 4) is 11.3 Å². The van der Waals surface area contributed by atoms with Crippen LogP contribution in [0.25, 0.3) is 11.3 Å². The summed E-state index contributed by atoms with van der Waals surface area (Å²) in [6.07, 6.45) is 4.00. The van der Waals surface area contributed by atoms with Crippen LogP contribution in [0.15, 0.2) is 29.3 Å². The largest absolute Gasteiger partial charge is 0.330 e. The Labute approximate surface area is 92.9 Å². The van der Waals surface area contributed by atoms with Crippen LogP contribution in [0.1, 0.15) is 5.56 Å². The molecule has 2 aromatic rings. The van der Waals surface area contributed by atoms with Gasteiger partial charge < -0.3 is 5.73 Å². The van der Waals surface area contributed by atoms with E-state index in [1.165, 1.54) is 4.68 Å². The van der Waals surface area contributed by atoms with Gasteiger partial charge in [0.2, 0.25) is 0 Å². The Bertz CT molecular complexity index is 527. The van der Waals surface area contributed by atoms with Crippen molar-refractivity contribution >= 4 is 0 Å². The smallest absolute Gasteiger partial charge is 0.270 e. The molecule has 0 fully saturated rings. The van der Waals surface area contributed by atoms with Crippen molar-refractivity contribution in [3.05, 3.63) is 40.4 Å². The molecule has 84 valence electrons. The lowest BCUT2D eigenvalue weighted by atomic mass is 10.1. The molecule has 5 nitrogen and oxygen atoms in total. The molecule has 0 bridgehead atoms. The summed E-state index contributed by atoms with van der Waals surface area (Å²) in [4.78, 5) is 15.8. The van der Waals surface area contributed by atoms with Gasteiger partial charge in [0.15, 0.2) is 0 Å². The van der Waals surface area contributed by atoms with Crippen molar-refractivity contribution in [2.75, 3.05) is 6.54 Å². The highest BCUT2D eigenvalue weighted by Crippen LogP contribution is 2.17. The maximum Gasteiger partial charge on any atom is 0.270 e. The second-order valence-electron chi connectivity index (χ2n) is 3.61. The zero-order valence-electron chi connectivity index (χ0n) is 9.10. The maximum absolute atomic E-state index is 11.8. The molecule has 0 amide bonds. The lowest BCUT2D eigenvalue weighted by molar-refractivity contribution is 0.739. The third kappa shape index (κ3) is 1.77. The van der Waals surface area contributed by atoms with Crippen LogP contribution < -0.4 is 11.3 Å². The number of aromatic amines is 1. The van der Waals surface area contributed by atoms with Gasteiger partial charge in [0, 0.05) is 30.6 Å². The lowest BCUT2D eigenvalue weighted by Crippen LogP contribution is -2.17. The third-order valence-electron chi connectivity index (χ3n) is 2.49. The second-order valence-corrected chi connectivity index (χ2v) is 3.61. The number of nitrogens with two attached hydrogens (primary N) is 1. The minimum Gasteiger partial charge on any atom is -0.330 e. The number of aromatic nitrogens is 3. The first-order valence-corrected chi connectivity index (χ1v) is 5.12. The molecule has 0 aliphatic heterocycles. The fourth-order valence-electron chi connectivity index (χ4n) is 1.72. The Morgan fingerprint density at radius 1 is 1.56 bits per heavy atom. The number of pyridine rings is 1. The molecular formula is C11H14N4O. The van der Waals surface area contributed by atoms with E-state index < -0.39 is 0 Å². The second kappa shape index (κ2) is 4.32. The number of hydrogen-bond acceptors (Lipinski definition) is 3. The molecule has 5 heteroatoms. The van der Waals surface area contributed by atoms with Gasteiger partial charge in [-0.15, -0.1) is 0 Å². The van der Waals surface area contributed by atoms with Gasteiger partial charge in [-0.05, 0) is 25.1 Å². The number of nitrogens with zero attached hydrogens (tertiary/aromatic N) is 2. The van der Waals surface area contributed by atoms with Crippen molar-refractivity contribution in [2.45, 2.75) is 6.42 Å². The summed E-state index contributed by atoms with van der Waals surface area (Å²) in [5.74, 6) is 0. The molecule has 0 unspecified atom stereocenters. The quantitative estimate of drug-likeness (QED) is 0.776. The summed E-state index contributed by atoms with van der Waals surface area (Å²) in [6.45, 7) is 0.459. The number of rotatable bonds is 3. The molecule has 3 N–H and O–H groups in total. The Kier molecular flexibility index (Phi) is 2.87. The van der Waals surface area contributed by atoms with Crippen LogP contribution in [0.3, 0.4) is 0 Å². The molecule has 0 saturated carbocycles. The van der Waals surface area contributed by atoms with E-state index in [0.717, 1.165) is 16.8 Å². The zero-order chi connectivity index (χ0) is 11.5. The highest BCUT2D eigenvalue weighted by atomic mass is 16.1. The number of H-pyrrole nitrogens is 1. The molecule has 0 aliphatic rings. The molecule has 0 saturated heterocycles. The van der Waals surface area contributed by atoms with Gasteiger partial charge in [-0.3, -0.25) is 19.6 Å². The van der Waals surface area contributed by atoms with Gasteiger partial charge in [-0.25, -0.2) is 0 Å². The summed E-state index contributed by atoms with van der Waals surface area (Å²) in [5.41, 5.74) is 7.92. The first-order chi connectivity index (χ1) is 7.74. The van der Waals surface area contributed by atoms with Crippen molar-refractivity contribution in [3.63, 3.8) is 0 Å². The molecule has 2 heterocycles. The van der Waals surface area contributed by atoms with Crippen LogP contribution in [-0.4, -0.2) is 21.3 Å². The lowest BCUT2D eigenvalue weighted by Gasteiger charge is -1.99. The van der Waals surface area contributed by atoms with Gasteiger partial charge in [-0.2, -0.15) is 0 Å². The molecule has 0 aromatic carbocycles. The highest BCUT2D eigenvalue weighted by Gasteiger charge is 2.12. The van der Waals surface area contributed by atoms with Crippen LogP contribution in [0.5, 0.6) is 0 Å². The molecular weight excluding hydrogens is 204 g/mol. The van der Waals surface area contributed by atoms with Gasteiger partial charge >= 0.3 is 0 Å². The molecule has 0 radical (unpaired) electrons. The summed E-state index contributed by atoms with van der Waals surface area (Å²) >= 11 is 0. The minimum absolute atomic E-state index is 0.0238. The van der Waals surface area contributed by atoms with E-state index in [2.05, 4.69) is 10.1 Å². The topological polar surface area (TPSA) is 76.7 Å². The van der Waals surface area contributed by atoms with Crippen molar-refractivity contribution in [1.29, 1.82) is 0 Å². The summed E-state index contributed by atoms with van der Waals surface area (Å²) in [7, 11) is 1.70. The first-order valence-electron chi connectivity index (χ1n) is 5.12. The fraction of sp³-hybridized carbons (Fsp3) is 0.273. The van der Waals surface area contributed by atoms with E-state index in [-0.39, 0.29) is 5.56 Å². The Balaban J connectivity index is 2.57. The molecule has 16 heavy (non-hydrogen) atoms. The van der Waals surface area contributed by atoms with Crippen LogP contribution >= 0.6 is 0 Å². The Hall–Kier alpha value is -1.88. The van der Waals surface area contributed by atoms with Crippen LogP contribution in [-0.2, 0) is 13.5 Å². The Morgan fingerprint density at radius 3 is 3.00 bits per heavy atom. The maximum atomic E-state index is 11.8. The Morgan fingerprint density at radius 2 is 2.38 bits per heavy atom. The SMILES string of the molecule is Cn1[nH]c(-c2cccnc2)c(CCN)c1=O. The van der Waals surface area contributed by atoms with Gasteiger partial charge in [0.05, 0.1) is 5.69 Å². The van der Waals surface area contributed by atoms with E-state index in [9.17, 15) is 4.79 Å².